The van der Waals surface area contributed by atoms with E-state index in [0.717, 1.165) is 5.69 Å². The van der Waals surface area contributed by atoms with Gasteiger partial charge in [-0.05, 0) is 48.8 Å². The molecule has 1 fully saturated rings. The average Bonchev–Trinajstić information content (AvgIpc) is 2.52. The van der Waals surface area contributed by atoms with Crippen molar-refractivity contribution < 1.29 is 14.3 Å². The molecule has 1 N–H and O–H groups in total. The van der Waals surface area contributed by atoms with E-state index in [0.29, 0.717) is 36.5 Å². The highest BCUT2D eigenvalue weighted by Gasteiger charge is 2.26. The predicted octanol–water partition coefficient (Wildman–Crippen LogP) is 2.26. The number of aromatic nitrogens is 1. The summed E-state index contributed by atoms with van der Waals surface area (Å²) >= 11 is 3.43. The Morgan fingerprint density at radius 1 is 1.21 bits per heavy atom. The molecule has 0 saturated carbocycles. The molecule has 1 aliphatic rings. The summed E-state index contributed by atoms with van der Waals surface area (Å²) in [5.41, 5.74) is 0.781. The molecule has 2 rings (SSSR count). The summed E-state index contributed by atoms with van der Waals surface area (Å²) in [4.78, 5) is 31.8. The number of nitrogens with one attached hydrogen (secondary N) is 1. The molecule has 8 heteroatoms. The van der Waals surface area contributed by atoms with E-state index in [-0.39, 0.29) is 12.0 Å². The van der Waals surface area contributed by atoms with Crippen molar-refractivity contribution in [3.05, 3.63) is 22.4 Å². The molecule has 1 saturated heterocycles. The fourth-order valence-corrected chi connectivity index (χ4v) is 2.95. The highest BCUT2D eigenvalue weighted by molar-refractivity contribution is 9.10. The van der Waals surface area contributed by atoms with Gasteiger partial charge in [0, 0.05) is 33.2 Å². The number of ether oxygens (including phenoxy) is 1. The van der Waals surface area contributed by atoms with E-state index in [1.165, 1.54) is 0 Å². The van der Waals surface area contributed by atoms with Gasteiger partial charge in [0.15, 0.2) is 0 Å². The summed E-state index contributed by atoms with van der Waals surface area (Å²) < 4.78 is 6.02. The number of halogens is 1. The van der Waals surface area contributed by atoms with Gasteiger partial charge in [0.1, 0.15) is 15.9 Å². The Balaban J connectivity index is 2.00. The van der Waals surface area contributed by atoms with Crippen molar-refractivity contribution in [3.8, 4) is 0 Å². The molecule has 2 amide bonds. The number of rotatable bonds is 2. The number of hydrogen-bond acceptors (Lipinski definition) is 5. The summed E-state index contributed by atoms with van der Waals surface area (Å²) in [6, 6.07) is 3.56. The number of anilines is 1. The van der Waals surface area contributed by atoms with Gasteiger partial charge in [0.05, 0.1) is 5.69 Å². The topological polar surface area (TPSA) is 74.8 Å². The molecule has 0 unspecified atom stereocenters. The van der Waals surface area contributed by atoms with E-state index in [1.54, 1.807) is 18.0 Å². The third-order valence-electron chi connectivity index (χ3n) is 3.56. The van der Waals surface area contributed by atoms with Crippen molar-refractivity contribution >= 4 is 33.6 Å². The summed E-state index contributed by atoms with van der Waals surface area (Å²) in [5.74, 6) is -0.225. The fourth-order valence-electron chi connectivity index (χ4n) is 2.37. The third kappa shape index (κ3) is 4.59. The minimum absolute atomic E-state index is 0.225. The Kier molecular flexibility index (Phi) is 5.69. The van der Waals surface area contributed by atoms with Crippen LogP contribution in [0.15, 0.2) is 16.7 Å². The molecule has 1 aromatic rings. The first kappa shape index (κ1) is 18.5. The lowest BCUT2D eigenvalue weighted by Crippen LogP contribution is -2.50. The average molecular weight is 399 g/mol. The van der Waals surface area contributed by atoms with E-state index >= 15 is 0 Å². The lowest BCUT2D eigenvalue weighted by atomic mass is 10.2. The molecule has 0 atom stereocenters. The second kappa shape index (κ2) is 7.38. The first-order valence-corrected chi connectivity index (χ1v) is 8.62. The van der Waals surface area contributed by atoms with Crippen LogP contribution < -0.4 is 10.2 Å². The van der Waals surface area contributed by atoms with Gasteiger partial charge in [-0.3, -0.25) is 4.79 Å². The minimum atomic E-state index is -0.489. The number of nitrogens with zero attached hydrogens (tertiary/aromatic N) is 3. The molecule has 0 radical (unpaired) electrons. The standard InChI is InChI=1S/C16H23BrN4O3/c1-16(2,3)24-15(23)21-9-7-20(8-10-21)12-6-5-11(14(22)18-4)19-13(12)17/h5-6H,7-10H2,1-4H3,(H,18,22). The molecule has 0 bridgehead atoms. The Bertz CT molecular complexity index is 622. The van der Waals surface area contributed by atoms with E-state index in [2.05, 4.69) is 31.1 Å². The summed E-state index contributed by atoms with van der Waals surface area (Å²) in [6.45, 7) is 8.10. The molecule has 1 aromatic heterocycles. The van der Waals surface area contributed by atoms with Crippen LogP contribution in [0, 0.1) is 0 Å². The lowest BCUT2D eigenvalue weighted by Gasteiger charge is -2.36. The zero-order valence-electron chi connectivity index (χ0n) is 14.4. The molecule has 0 spiro atoms. The number of amides is 2. The van der Waals surface area contributed by atoms with Crippen molar-refractivity contribution in [1.29, 1.82) is 0 Å². The number of carbonyl (C=O) groups is 2. The van der Waals surface area contributed by atoms with Gasteiger partial charge in [0.25, 0.3) is 5.91 Å². The zero-order chi connectivity index (χ0) is 17.9. The van der Waals surface area contributed by atoms with Gasteiger partial charge >= 0.3 is 6.09 Å². The quantitative estimate of drug-likeness (QED) is 0.773. The molecule has 0 aromatic carbocycles. The van der Waals surface area contributed by atoms with Crippen LogP contribution in [0.1, 0.15) is 31.3 Å². The van der Waals surface area contributed by atoms with Gasteiger partial charge in [-0.1, -0.05) is 0 Å². The SMILES string of the molecule is CNC(=O)c1ccc(N2CCN(C(=O)OC(C)(C)C)CC2)c(Br)n1. The first-order valence-electron chi connectivity index (χ1n) is 7.83. The highest BCUT2D eigenvalue weighted by atomic mass is 79.9. The zero-order valence-corrected chi connectivity index (χ0v) is 16.0. The van der Waals surface area contributed by atoms with Crippen molar-refractivity contribution in [2.24, 2.45) is 0 Å². The minimum Gasteiger partial charge on any atom is -0.444 e. The maximum atomic E-state index is 12.1. The third-order valence-corrected chi connectivity index (χ3v) is 4.14. The molecule has 1 aliphatic heterocycles. The van der Waals surface area contributed by atoms with Crippen molar-refractivity contribution in [3.63, 3.8) is 0 Å². The van der Waals surface area contributed by atoms with Crippen molar-refractivity contribution in [2.45, 2.75) is 26.4 Å². The summed E-state index contributed by atoms with van der Waals surface area (Å²) in [7, 11) is 1.57. The lowest BCUT2D eigenvalue weighted by molar-refractivity contribution is 0.0240. The van der Waals surface area contributed by atoms with Crippen LogP contribution in [0.5, 0.6) is 0 Å². The molecular weight excluding hydrogens is 376 g/mol. The van der Waals surface area contributed by atoms with Crippen LogP contribution in [0.3, 0.4) is 0 Å². The van der Waals surface area contributed by atoms with Crippen LogP contribution >= 0.6 is 15.9 Å². The van der Waals surface area contributed by atoms with Crippen LogP contribution in [-0.2, 0) is 4.74 Å². The second-order valence-electron chi connectivity index (χ2n) is 6.54. The van der Waals surface area contributed by atoms with Crippen molar-refractivity contribution in [1.82, 2.24) is 15.2 Å². The monoisotopic (exact) mass is 398 g/mol. The van der Waals surface area contributed by atoms with Crippen LogP contribution in [0.2, 0.25) is 0 Å². The molecule has 24 heavy (non-hydrogen) atoms. The first-order chi connectivity index (χ1) is 11.2. The second-order valence-corrected chi connectivity index (χ2v) is 7.29. The van der Waals surface area contributed by atoms with Gasteiger partial charge < -0.3 is 19.9 Å². The molecule has 0 aliphatic carbocycles. The number of piperazine rings is 1. The Morgan fingerprint density at radius 2 is 1.83 bits per heavy atom. The van der Waals surface area contributed by atoms with E-state index in [4.69, 9.17) is 4.74 Å². The van der Waals surface area contributed by atoms with Crippen molar-refractivity contribution in [2.75, 3.05) is 38.1 Å². The van der Waals surface area contributed by atoms with Gasteiger partial charge in [-0.15, -0.1) is 0 Å². The summed E-state index contributed by atoms with van der Waals surface area (Å²) in [5, 5.41) is 2.55. The van der Waals surface area contributed by atoms with E-state index in [1.807, 2.05) is 26.8 Å². The summed E-state index contributed by atoms with van der Waals surface area (Å²) in [6.07, 6.45) is -0.283. The molecule has 7 nitrogen and oxygen atoms in total. The van der Waals surface area contributed by atoms with Gasteiger partial charge in [-0.2, -0.15) is 0 Å². The van der Waals surface area contributed by atoms with Gasteiger partial charge in [-0.25, -0.2) is 9.78 Å². The fraction of sp³-hybridized carbons (Fsp3) is 0.562. The number of pyridine rings is 1. The smallest absolute Gasteiger partial charge is 0.410 e. The number of carbonyl (C=O) groups excluding carboxylic acids is 2. The highest BCUT2D eigenvalue weighted by Crippen LogP contribution is 2.26. The molecule has 132 valence electrons. The maximum absolute atomic E-state index is 12.1. The molecule has 2 heterocycles. The van der Waals surface area contributed by atoms with Crippen LogP contribution in [-0.4, -0.2) is 60.7 Å². The Hall–Kier alpha value is -1.83. The van der Waals surface area contributed by atoms with Crippen LogP contribution in [0.25, 0.3) is 0 Å². The number of hydrogen-bond donors (Lipinski definition) is 1. The van der Waals surface area contributed by atoms with Gasteiger partial charge in [0.2, 0.25) is 0 Å². The largest absolute Gasteiger partial charge is 0.444 e. The predicted molar refractivity (Wildman–Crippen MR) is 95.3 cm³/mol. The van der Waals surface area contributed by atoms with Crippen LogP contribution in [0.4, 0.5) is 10.5 Å². The normalized spacial score (nSPS) is 15.2. The Morgan fingerprint density at radius 3 is 2.33 bits per heavy atom. The Labute approximate surface area is 150 Å². The molecular formula is C16H23BrN4O3. The van der Waals surface area contributed by atoms with E-state index in [9.17, 15) is 9.59 Å². The van der Waals surface area contributed by atoms with E-state index < -0.39 is 5.60 Å². The maximum Gasteiger partial charge on any atom is 0.410 e.